The van der Waals surface area contributed by atoms with Gasteiger partial charge in [-0.2, -0.15) is 0 Å². The fourth-order valence-electron chi connectivity index (χ4n) is 1.93. The molecule has 1 aromatic heterocycles. The van der Waals surface area contributed by atoms with Gasteiger partial charge in [0.2, 0.25) is 0 Å². The SMILES string of the molecule is CCC(NC(=O)COc1ccccc1C)c1ncc[nH]1. The summed E-state index contributed by atoms with van der Waals surface area (Å²) < 4.78 is 5.52. The molecule has 0 aliphatic rings. The van der Waals surface area contributed by atoms with E-state index in [2.05, 4.69) is 15.3 Å². The van der Waals surface area contributed by atoms with Gasteiger partial charge in [0.25, 0.3) is 5.91 Å². The Balaban J connectivity index is 1.88. The minimum atomic E-state index is -0.156. The summed E-state index contributed by atoms with van der Waals surface area (Å²) in [5, 5.41) is 2.90. The Bertz CT molecular complexity index is 552. The lowest BCUT2D eigenvalue weighted by Gasteiger charge is -2.15. The van der Waals surface area contributed by atoms with Crippen LogP contribution in [0.4, 0.5) is 0 Å². The summed E-state index contributed by atoms with van der Waals surface area (Å²) in [6, 6.07) is 7.51. The highest BCUT2D eigenvalue weighted by molar-refractivity contribution is 5.77. The number of aryl methyl sites for hydroxylation is 1. The van der Waals surface area contributed by atoms with Gasteiger partial charge in [-0.05, 0) is 25.0 Å². The number of imidazole rings is 1. The second-order valence-corrected chi connectivity index (χ2v) is 4.56. The number of hydrogen-bond acceptors (Lipinski definition) is 3. The minimum absolute atomic E-state index is 0.00205. The Labute approximate surface area is 118 Å². The average molecular weight is 273 g/mol. The molecule has 0 saturated heterocycles. The first-order valence-corrected chi connectivity index (χ1v) is 6.67. The minimum Gasteiger partial charge on any atom is -0.484 e. The number of carbonyl (C=O) groups excluding carboxylic acids is 1. The number of nitrogens with one attached hydrogen (secondary N) is 2. The van der Waals surface area contributed by atoms with Crippen molar-refractivity contribution in [1.29, 1.82) is 0 Å². The predicted octanol–water partition coefficient (Wildman–Crippen LogP) is 2.36. The van der Waals surface area contributed by atoms with Crippen LogP contribution in [-0.4, -0.2) is 22.5 Å². The van der Waals surface area contributed by atoms with E-state index in [0.717, 1.165) is 23.6 Å². The molecular weight excluding hydrogens is 254 g/mol. The van der Waals surface area contributed by atoms with Crippen molar-refractivity contribution in [3.8, 4) is 5.75 Å². The Morgan fingerprint density at radius 3 is 2.90 bits per heavy atom. The summed E-state index contributed by atoms with van der Waals surface area (Å²) in [4.78, 5) is 19.1. The molecule has 2 rings (SSSR count). The highest BCUT2D eigenvalue weighted by Gasteiger charge is 2.15. The van der Waals surface area contributed by atoms with E-state index in [0.29, 0.717) is 0 Å². The summed E-state index contributed by atoms with van der Waals surface area (Å²) in [6.45, 7) is 3.95. The van der Waals surface area contributed by atoms with Crippen LogP contribution in [0.2, 0.25) is 0 Å². The zero-order valence-electron chi connectivity index (χ0n) is 11.7. The third-order valence-corrected chi connectivity index (χ3v) is 3.05. The van der Waals surface area contributed by atoms with Gasteiger partial charge in [-0.1, -0.05) is 25.1 Å². The predicted molar refractivity (Wildman–Crippen MR) is 76.4 cm³/mol. The number of aromatic nitrogens is 2. The molecule has 1 unspecified atom stereocenters. The molecule has 1 atom stereocenters. The average Bonchev–Trinajstić information content (AvgIpc) is 2.98. The number of hydrogen-bond donors (Lipinski definition) is 2. The zero-order chi connectivity index (χ0) is 14.4. The standard InChI is InChI=1S/C15H19N3O2/c1-3-12(15-16-8-9-17-15)18-14(19)10-20-13-7-5-4-6-11(13)2/h4-9,12H,3,10H2,1-2H3,(H,16,17)(H,18,19). The molecule has 106 valence electrons. The third kappa shape index (κ3) is 3.60. The van der Waals surface area contributed by atoms with E-state index >= 15 is 0 Å². The Morgan fingerprint density at radius 2 is 2.25 bits per heavy atom. The fraction of sp³-hybridized carbons (Fsp3) is 0.333. The molecule has 0 aliphatic heterocycles. The maximum Gasteiger partial charge on any atom is 0.258 e. The van der Waals surface area contributed by atoms with Gasteiger partial charge in [-0.15, -0.1) is 0 Å². The molecule has 0 saturated carbocycles. The lowest BCUT2D eigenvalue weighted by Crippen LogP contribution is -2.33. The van der Waals surface area contributed by atoms with E-state index in [1.54, 1.807) is 12.4 Å². The molecule has 1 aromatic carbocycles. The van der Waals surface area contributed by atoms with Crippen LogP contribution < -0.4 is 10.1 Å². The van der Waals surface area contributed by atoms with Crippen molar-refractivity contribution in [2.75, 3.05) is 6.61 Å². The highest BCUT2D eigenvalue weighted by atomic mass is 16.5. The highest BCUT2D eigenvalue weighted by Crippen LogP contribution is 2.16. The molecule has 5 heteroatoms. The summed E-state index contributed by atoms with van der Waals surface area (Å²) in [5.41, 5.74) is 1.01. The molecule has 0 radical (unpaired) electrons. The lowest BCUT2D eigenvalue weighted by atomic mass is 10.2. The van der Waals surface area contributed by atoms with Gasteiger partial charge < -0.3 is 15.0 Å². The zero-order valence-corrected chi connectivity index (χ0v) is 11.7. The quantitative estimate of drug-likeness (QED) is 0.849. The Hall–Kier alpha value is -2.30. The van der Waals surface area contributed by atoms with Gasteiger partial charge in [0.05, 0.1) is 6.04 Å². The Morgan fingerprint density at radius 1 is 1.45 bits per heavy atom. The second-order valence-electron chi connectivity index (χ2n) is 4.56. The van der Waals surface area contributed by atoms with Crippen LogP contribution in [0.1, 0.15) is 30.8 Å². The number of aromatic amines is 1. The summed E-state index contributed by atoms with van der Waals surface area (Å²) >= 11 is 0. The van der Waals surface area contributed by atoms with E-state index < -0.39 is 0 Å². The molecule has 5 nitrogen and oxygen atoms in total. The van der Waals surface area contributed by atoms with Crippen LogP contribution in [0.15, 0.2) is 36.7 Å². The number of rotatable bonds is 6. The number of ether oxygens (including phenoxy) is 1. The van der Waals surface area contributed by atoms with Crippen LogP contribution in [0.3, 0.4) is 0 Å². The smallest absolute Gasteiger partial charge is 0.258 e. The first kappa shape index (κ1) is 14.1. The summed E-state index contributed by atoms with van der Waals surface area (Å²) in [6.07, 6.45) is 4.19. The molecular formula is C15H19N3O2. The molecule has 0 aliphatic carbocycles. The monoisotopic (exact) mass is 273 g/mol. The van der Waals surface area contributed by atoms with E-state index in [1.165, 1.54) is 0 Å². The van der Waals surface area contributed by atoms with Crippen LogP contribution >= 0.6 is 0 Å². The molecule has 20 heavy (non-hydrogen) atoms. The van der Waals surface area contributed by atoms with Crippen molar-refractivity contribution >= 4 is 5.91 Å². The first-order valence-electron chi connectivity index (χ1n) is 6.67. The fourth-order valence-corrected chi connectivity index (χ4v) is 1.93. The normalized spacial score (nSPS) is 11.9. The van der Waals surface area contributed by atoms with E-state index in [-0.39, 0.29) is 18.6 Å². The van der Waals surface area contributed by atoms with Gasteiger partial charge in [0.1, 0.15) is 11.6 Å². The summed E-state index contributed by atoms with van der Waals surface area (Å²) in [7, 11) is 0. The molecule has 0 fully saturated rings. The summed E-state index contributed by atoms with van der Waals surface area (Å²) in [5.74, 6) is 1.34. The number of benzene rings is 1. The molecule has 0 bridgehead atoms. The largest absolute Gasteiger partial charge is 0.484 e. The van der Waals surface area contributed by atoms with Gasteiger partial charge in [-0.3, -0.25) is 4.79 Å². The number of nitrogens with zero attached hydrogens (tertiary/aromatic N) is 1. The number of para-hydroxylation sites is 1. The number of amides is 1. The van der Waals surface area contributed by atoms with Crippen molar-refractivity contribution in [3.63, 3.8) is 0 Å². The van der Waals surface area contributed by atoms with Crippen molar-refractivity contribution in [3.05, 3.63) is 48.0 Å². The topological polar surface area (TPSA) is 67.0 Å². The third-order valence-electron chi connectivity index (χ3n) is 3.05. The number of carbonyl (C=O) groups is 1. The molecule has 1 heterocycles. The van der Waals surface area contributed by atoms with Crippen LogP contribution in [0, 0.1) is 6.92 Å². The van der Waals surface area contributed by atoms with Gasteiger partial charge in [0, 0.05) is 12.4 Å². The molecule has 0 spiro atoms. The van der Waals surface area contributed by atoms with E-state index in [4.69, 9.17) is 4.74 Å². The molecule has 2 N–H and O–H groups in total. The van der Waals surface area contributed by atoms with Crippen molar-refractivity contribution in [2.45, 2.75) is 26.3 Å². The maximum atomic E-state index is 11.9. The van der Waals surface area contributed by atoms with E-state index in [1.807, 2.05) is 38.1 Å². The van der Waals surface area contributed by atoms with Crippen LogP contribution in [0.5, 0.6) is 5.75 Å². The number of H-pyrrole nitrogens is 1. The maximum absolute atomic E-state index is 11.9. The van der Waals surface area contributed by atoms with Crippen molar-refractivity contribution in [2.24, 2.45) is 0 Å². The molecule has 2 aromatic rings. The van der Waals surface area contributed by atoms with Gasteiger partial charge in [0.15, 0.2) is 6.61 Å². The van der Waals surface area contributed by atoms with Crippen LogP contribution in [0.25, 0.3) is 0 Å². The van der Waals surface area contributed by atoms with Gasteiger partial charge in [-0.25, -0.2) is 4.98 Å². The van der Waals surface area contributed by atoms with Crippen molar-refractivity contribution in [1.82, 2.24) is 15.3 Å². The molecule has 1 amide bonds. The second kappa shape index (κ2) is 6.75. The first-order chi connectivity index (χ1) is 9.70. The van der Waals surface area contributed by atoms with E-state index in [9.17, 15) is 4.79 Å². The van der Waals surface area contributed by atoms with Crippen LogP contribution in [-0.2, 0) is 4.79 Å². The van der Waals surface area contributed by atoms with Gasteiger partial charge >= 0.3 is 0 Å². The van der Waals surface area contributed by atoms with Crippen molar-refractivity contribution < 1.29 is 9.53 Å². The lowest BCUT2D eigenvalue weighted by molar-refractivity contribution is -0.123. The Kier molecular flexibility index (Phi) is 4.76.